The number of likely N-dealkylation sites (N-methyl/N-ethyl adjacent to an activating group) is 1. The number of benzene rings is 3. The number of hydrogen-bond donors (Lipinski definition) is 6. The molecule has 0 saturated heterocycles. The van der Waals surface area contributed by atoms with Gasteiger partial charge in [0.15, 0.2) is 16.6 Å². The molecule has 6 aromatic heterocycles. The smallest absolute Gasteiger partial charge is 0.278 e. The molecular weight excluding hydrogens is 1040 g/mol. The number of halogens is 6. The average molecular weight is 1080 g/mol. The Balaban J connectivity index is 0.000000157. The molecule has 0 aliphatic carbocycles. The summed E-state index contributed by atoms with van der Waals surface area (Å²) in [4.78, 5) is 70.4. The van der Waals surface area contributed by atoms with Crippen LogP contribution < -0.4 is 32.6 Å². The maximum atomic E-state index is 12.4. The number of anilines is 3. The van der Waals surface area contributed by atoms with Crippen molar-refractivity contribution in [1.82, 2.24) is 64.1 Å². The van der Waals surface area contributed by atoms with Crippen LogP contribution in [0, 0.1) is 0 Å². The number of nitrogens with one attached hydrogen (secondary N) is 6. The number of carbonyl (C=O) groups is 1. The lowest BCUT2D eigenvalue weighted by atomic mass is 10.2. The van der Waals surface area contributed by atoms with Gasteiger partial charge in [-0.05, 0) is 67.2 Å². The van der Waals surface area contributed by atoms with Gasteiger partial charge in [-0.25, -0.2) is 15.0 Å². The minimum absolute atomic E-state index is 0.00427. The van der Waals surface area contributed by atoms with Gasteiger partial charge in [-0.1, -0.05) is 93.9 Å². The summed E-state index contributed by atoms with van der Waals surface area (Å²) in [7, 11) is 3.94. The largest absolute Gasteiger partial charge is 0.352 e. The average Bonchev–Trinajstić information content (AvgIpc) is 4.08. The van der Waals surface area contributed by atoms with Gasteiger partial charge in [-0.2, -0.15) is 15.3 Å². The normalized spacial score (nSPS) is 11.1. The van der Waals surface area contributed by atoms with Crippen molar-refractivity contribution in [2.75, 3.05) is 36.6 Å². The molecule has 0 saturated carbocycles. The van der Waals surface area contributed by atoms with Crippen molar-refractivity contribution in [3.63, 3.8) is 0 Å². The second kappa shape index (κ2) is 23.9. The number of carbonyl (C=O) groups excluding carboxylic acids is 1. The molecule has 6 heterocycles. The van der Waals surface area contributed by atoms with E-state index in [-0.39, 0.29) is 28.7 Å². The van der Waals surface area contributed by atoms with E-state index in [4.69, 9.17) is 69.6 Å². The molecule has 0 amide bonds. The van der Waals surface area contributed by atoms with E-state index in [0.29, 0.717) is 115 Å². The Labute approximate surface area is 432 Å². The SMILES string of the molecule is C=CCn1ncc2nc(NCc3ccc(Cl)c(Cl)c3)[nH]c(=O)c21.CN(C)CCn1ncc2nc(NCc3ccc(Cl)c(Cl)c3)[nH]c(=O)c21.O=CCn1ncc2nc(NCc3ccc(Cl)c(Cl)c3)[nH]c(=O)c21. The van der Waals surface area contributed by atoms with Crippen LogP contribution in [0.3, 0.4) is 0 Å². The monoisotopic (exact) mass is 1080 g/mol. The molecule has 0 bridgehead atoms. The maximum absolute atomic E-state index is 12.4. The van der Waals surface area contributed by atoms with Crippen LogP contribution in [-0.4, -0.2) is 91.1 Å². The van der Waals surface area contributed by atoms with E-state index in [0.717, 1.165) is 23.2 Å². The number of aromatic amines is 3. The molecule has 0 aliphatic heterocycles. The van der Waals surface area contributed by atoms with Crippen LogP contribution in [0.1, 0.15) is 16.7 Å². The van der Waals surface area contributed by atoms with Gasteiger partial charge in [-0.3, -0.25) is 43.4 Å². The van der Waals surface area contributed by atoms with E-state index in [1.54, 1.807) is 64.2 Å². The number of allylic oxidation sites excluding steroid dienone is 1. The summed E-state index contributed by atoms with van der Waals surface area (Å²) in [6, 6.07) is 15.9. The van der Waals surface area contributed by atoms with Gasteiger partial charge in [0, 0.05) is 26.2 Å². The van der Waals surface area contributed by atoms with Crippen LogP contribution in [0.25, 0.3) is 33.1 Å². The Kier molecular flexibility index (Phi) is 17.5. The lowest BCUT2D eigenvalue weighted by Gasteiger charge is -2.10. The van der Waals surface area contributed by atoms with Gasteiger partial charge in [0.1, 0.15) is 22.8 Å². The number of H-pyrrole nitrogens is 3. The number of aromatic nitrogens is 12. The minimum atomic E-state index is -0.369. The standard InChI is InChI=1S/C16H18Cl2N6O.C15H13Cl2N5O.C14H11Cl2N5O2/c1-23(2)5-6-24-14-13(9-20-24)21-16(22-15(14)25)19-8-10-3-4-11(17)12(18)7-10;1-2-5-22-13-12(8-19-22)20-15(21-14(13)23)18-7-9-3-4-10(16)11(17)6-9;15-9-2-1-8(5-10(9)16)6-17-14-19-11-7-18-21(3-4-22)12(11)13(23)20-14/h3-4,7,9H,5-6,8H2,1-2H3,(H2,19,21,22,25);2-4,6,8H,1,5,7H2,(H2,18,20,21,23);1-2,4-5,7H,3,6H2,(H2,17,19,20,23). The summed E-state index contributed by atoms with van der Waals surface area (Å²) in [5, 5.41) is 24.4. The highest BCUT2D eigenvalue weighted by Gasteiger charge is 2.14. The molecule has 368 valence electrons. The zero-order valence-electron chi connectivity index (χ0n) is 37.6. The number of aldehydes is 1. The van der Waals surface area contributed by atoms with E-state index in [9.17, 15) is 19.2 Å². The van der Waals surface area contributed by atoms with E-state index in [2.05, 4.69) is 67.7 Å². The first-order valence-electron chi connectivity index (χ1n) is 21.2. The highest BCUT2D eigenvalue weighted by molar-refractivity contribution is 6.43. The number of rotatable bonds is 16. The van der Waals surface area contributed by atoms with E-state index in [1.807, 2.05) is 37.2 Å². The third kappa shape index (κ3) is 13.4. The van der Waals surface area contributed by atoms with Crippen molar-refractivity contribution in [3.05, 3.63) is 164 Å². The first-order valence-corrected chi connectivity index (χ1v) is 23.5. The van der Waals surface area contributed by atoms with Crippen molar-refractivity contribution < 1.29 is 4.79 Å². The predicted molar refractivity (Wildman–Crippen MR) is 281 cm³/mol. The van der Waals surface area contributed by atoms with Crippen LogP contribution in [0.4, 0.5) is 17.8 Å². The Morgan fingerprint density at radius 2 is 0.901 bits per heavy atom. The molecule has 71 heavy (non-hydrogen) atoms. The van der Waals surface area contributed by atoms with Crippen molar-refractivity contribution in [2.24, 2.45) is 0 Å². The zero-order chi connectivity index (χ0) is 50.8. The highest BCUT2D eigenvalue weighted by Crippen LogP contribution is 2.25. The van der Waals surface area contributed by atoms with E-state index in [1.165, 1.54) is 10.9 Å². The first-order chi connectivity index (χ1) is 34.1. The Morgan fingerprint density at radius 3 is 1.24 bits per heavy atom. The summed E-state index contributed by atoms with van der Waals surface area (Å²) in [6.07, 6.45) is 6.94. The second-order valence-electron chi connectivity index (χ2n) is 15.5. The van der Waals surface area contributed by atoms with Gasteiger partial charge < -0.3 is 25.6 Å². The molecule has 0 fully saturated rings. The van der Waals surface area contributed by atoms with Gasteiger partial charge in [0.05, 0.1) is 68.4 Å². The molecule has 9 rings (SSSR count). The molecule has 3 aromatic carbocycles. The van der Waals surface area contributed by atoms with E-state index < -0.39 is 0 Å². The van der Waals surface area contributed by atoms with Crippen molar-refractivity contribution >= 4 is 127 Å². The molecule has 0 spiro atoms. The molecular formula is C45H42Cl6N16O4. The summed E-state index contributed by atoms with van der Waals surface area (Å²) >= 11 is 35.6. The van der Waals surface area contributed by atoms with E-state index >= 15 is 0 Å². The van der Waals surface area contributed by atoms with Gasteiger partial charge >= 0.3 is 0 Å². The first kappa shape index (κ1) is 52.1. The fourth-order valence-electron chi connectivity index (χ4n) is 6.71. The molecule has 0 radical (unpaired) electrons. The molecule has 20 nitrogen and oxygen atoms in total. The van der Waals surface area contributed by atoms with Crippen LogP contribution in [0.2, 0.25) is 30.1 Å². The number of fused-ring (bicyclic) bond motifs is 3. The third-order valence-corrected chi connectivity index (χ3v) is 12.4. The molecule has 0 unspecified atom stereocenters. The van der Waals surface area contributed by atoms with Crippen molar-refractivity contribution in [3.8, 4) is 0 Å². The number of hydrogen-bond acceptors (Lipinski definition) is 14. The minimum Gasteiger partial charge on any atom is -0.352 e. The predicted octanol–water partition coefficient (Wildman–Crippen LogP) is 8.06. The number of nitrogens with zero attached hydrogens (tertiary/aromatic N) is 10. The molecule has 0 atom stereocenters. The summed E-state index contributed by atoms with van der Waals surface area (Å²) in [5.74, 6) is 1.06. The zero-order valence-corrected chi connectivity index (χ0v) is 42.1. The summed E-state index contributed by atoms with van der Waals surface area (Å²) in [6.45, 7) is 6.82. The molecule has 0 aliphatic rings. The van der Waals surface area contributed by atoms with Crippen LogP contribution in [0.15, 0.2) is 100 Å². The summed E-state index contributed by atoms with van der Waals surface area (Å²) < 4.78 is 4.53. The lowest BCUT2D eigenvalue weighted by Crippen LogP contribution is -2.21. The van der Waals surface area contributed by atoms with Crippen LogP contribution in [-0.2, 0) is 44.1 Å². The van der Waals surface area contributed by atoms with Gasteiger partial charge in [-0.15, -0.1) is 6.58 Å². The van der Waals surface area contributed by atoms with Gasteiger partial charge in [0.25, 0.3) is 16.7 Å². The highest BCUT2D eigenvalue weighted by atomic mass is 35.5. The molecule has 6 N–H and O–H groups in total. The van der Waals surface area contributed by atoms with Gasteiger partial charge in [0.2, 0.25) is 17.8 Å². The maximum Gasteiger partial charge on any atom is 0.278 e. The second-order valence-corrected chi connectivity index (χ2v) is 18.0. The molecule has 9 aromatic rings. The summed E-state index contributed by atoms with van der Waals surface area (Å²) in [5.41, 5.74) is 4.53. The fraction of sp³-hybridized carbons (Fsp3) is 0.200. The Hall–Kier alpha value is -6.78. The lowest BCUT2D eigenvalue weighted by molar-refractivity contribution is -0.108. The van der Waals surface area contributed by atoms with Crippen molar-refractivity contribution in [2.45, 2.75) is 39.3 Å². The Bertz CT molecular complexity index is 3400. The topological polar surface area (TPSA) is 247 Å². The van der Waals surface area contributed by atoms with Crippen molar-refractivity contribution in [1.29, 1.82) is 0 Å². The quantitative estimate of drug-likeness (QED) is 0.0396. The fourth-order valence-corrected chi connectivity index (χ4v) is 7.67. The van der Waals surface area contributed by atoms with Crippen LogP contribution in [0.5, 0.6) is 0 Å². The third-order valence-electron chi connectivity index (χ3n) is 10.1. The van der Waals surface area contributed by atoms with Crippen LogP contribution >= 0.6 is 69.6 Å². The Morgan fingerprint density at radius 1 is 0.549 bits per heavy atom. The molecule has 26 heteroatoms.